The molecule has 0 radical (unpaired) electrons. The van der Waals surface area contributed by atoms with Gasteiger partial charge in [0.1, 0.15) is 0 Å². The quantitative estimate of drug-likeness (QED) is 0.462. The molecule has 0 aromatic heterocycles. The molecule has 0 fully saturated rings. The molecule has 0 heterocycles. The van der Waals surface area contributed by atoms with Gasteiger partial charge in [-0.3, -0.25) is 9.59 Å². The summed E-state index contributed by atoms with van der Waals surface area (Å²) in [5.41, 5.74) is 0. The standard InChI is InChI=1S/C13H24O4/c1-4-6-7-8-9-11(13(15)16-3)10-12(14)17-5-2/h11H,4-10H2,1-3H3. The smallest absolute Gasteiger partial charge is 0.309 e. The van der Waals surface area contributed by atoms with Crippen molar-refractivity contribution in [2.45, 2.75) is 52.4 Å². The first-order valence-corrected chi connectivity index (χ1v) is 6.39. The number of methoxy groups -OCH3 is 1. The van der Waals surface area contributed by atoms with Crippen LogP contribution >= 0.6 is 0 Å². The van der Waals surface area contributed by atoms with Crippen LogP contribution in [0.3, 0.4) is 0 Å². The Morgan fingerprint density at radius 2 is 1.82 bits per heavy atom. The zero-order valence-corrected chi connectivity index (χ0v) is 11.2. The molecule has 0 aromatic rings. The fourth-order valence-electron chi connectivity index (χ4n) is 1.71. The summed E-state index contributed by atoms with van der Waals surface area (Å²) in [6.07, 6.45) is 5.19. The van der Waals surface area contributed by atoms with E-state index in [1.165, 1.54) is 7.11 Å². The van der Waals surface area contributed by atoms with Crippen molar-refractivity contribution in [1.82, 2.24) is 0 Å². The summed E-state index contributed by atoms with van der Waals surface area (Å²) in [6.45, 7) is 4.24. The lowest BCUT2D eigenvalue weighted by Crippen LogP contribution is -2.21. The Labute approximate surface area is 104 Å². The van der Waals surface area contributed by atoms with Gasteiger partial charge in [-0.2, -0.15) is 0 Å². The minimum absolute atomic E-state index is 0.132. The fraction of sp³-hybridized carbons (Fsp3) is 0.846. The van der Waals surface area contributed by atoms with Gasteiger partial charge in [0.25, 0.3) is 0 Å². The van der Waals surface area contributed by atoms with Gasteiger partial charge in [0.15, 0.2) is 0 Å². The lowest BCUT2D eigenvalue weighted by molar-refractivity contribution is -0.153. The molecule has 0 aliphatic rings. The number of hydrogen-bond acceptors (Lipinski definition) is 4. The number of ether oxygens (including phenoxy) is 2. The third kappa shape index (κ3) is 7.77. The second kappa shape index (κ2) is 10.1. The Kier molecular flexibility index (Phi) is 9.49. The van der Waals surface area contributed by atoms with Gasteiger partial charge in [-0.1, -0.05) is 32.6 Å². The summed E-state index contributed by atoms with van der Waals surface area (Å²) in [4.78, 5) is 22.8. The minimum atomic E-state index is -0.351. The van der Waals surface area contributed by atoms with E-state index in [0.29, 0.717) is 13.0 Å². The molecule has 17 heavy (non-hydrogen) atoms. The van der Waals surface area contributed by atoms with Crippen molar-refractivity contribution < 1.29 is 19.1 Å². The van der Waals surface area contributed by atoms with E-state index in [0.717, 1.165) is 25.7 Å². The number of carbonyl (C=O) groups excluding carboxylic acids is 2. The van der Waals surface area contributed by atoms with Gasteiger partial charge >= 0.3 is 11.9 Å². The number of esters is 2. The van der Waals surface area contributed by atoms with Crippen LogP contribution in [0, 0.1) is 5.92 Å². The fourth-order valence-corrected chi connectivity index (χ4v) is 1.71. The molecule has 4 heteroatoms. The Bertz CT molecular complexity index is 225. The topological polar surface area (TPSA) is 52.6 Å². The van der Waals surface area contributed by atoms with Crippen LogP contribution in [0.2, 0.25) is 0 Å². The molecule has 0 N–H and O–H groups in total. The van der Waals surface area contributed by atoms with Crippen LogP contribution in [-0.4, -0.2) is 25.7 Å². The van der Waals surface area contributed by atoms with E-state index in [1.54, 1.807) is 6.92 Å². The predicted molar refractivity (Wildman–Crippen MR) is 65.5 cm³/mol. The molecule has 0 aliphatic carbocycles. The molecule has 0 amide bonds. The van der Waals surface area contributed by atoms with Crippen LogP contribution in [0.15, 0.2) is 0 Å². The highest BCUT2D eigenvalue weighted by molar-refractivity contribution is 5.79. The molecular formula is C13H24O4. The molecule has 0 bridgehead atoms. The van der Waals surface area contributed by atoms with Crippen LogP contribution in [-0.2, 0) is 19.1 Å². The molecule has 0 spiro atoms. The van der Waals surface area contributed by atoms with Crippen molar-refractivity contribution in [1.29, 1.82) is 0 Å². The predicted octanol–water partition coefficient (Wildman–Crippen LogP) is 2.70. The molecule has 0 saturated carbocycles. The Hall–Kier alpha value is -1.06. The molecule has 0 saturated heterocycles. The lowest BCUT2D eigenvalue weighted by atomic mass is 9.97. The van der Waals surface area contributed by atoms with Gasteiger partial charge in [0.05, 0.1) is 26.1 Å². The second-order valence-electron chi connectivity index (χ2n) is 4.08. The van der Waals surface area contributed by atoms with Crippen molar-refractivity contribution in [3.63, 3.8) is 0 Å². The Morgan fingerprint density at radius 3 is 2.35 bits per heavy atom. The van der Waals surface area contributed by atoms with Crippen LogP contribution in [0.5, 0.6) is 0 Å². The summed E-state index contributed by atoms with van der Waals surface area (Å²) < 4.78 is 9.55. The average Bonchev–Trinajstić information content (AvgIpc) is 2.32. The minimum Gasteiger partial charge on any atom is -0.469 e. The number of hydrogen-bond donors (Lipinski definition) is 0. The van der Waals surface area contributed by atoms with Crippen molar-refractivity contribution in [3.05, 3.63) is 0 Å². The first kappa shape index (κ1) is 15.9. The largest absolute Gasteiger partial charge is 0.469 e. The van der Waals surface area contributed by atoms with Gasteiger partial charge in [-0.15, -0.1) is 0 Å². The highest BCUT2D eigenvalue weighted by Crippen LogP contribution is 2.16. The maximum Gasteiger partial charge on any atom is 0.309 e. The lowest BCUT2D eigenvalue weighted by Gasteiger charge is -2.13. The SMILES string of the molecule is CCCCCCC(CC(=O)OCC)C(=O)OC. The van der Waals surface area contributed by atoms with Gasteiger partial charge in [0.2, 0.25) is 0 Å². The number of rotatable bonds is 9. The summed E-state index contributed by atoms with van der Waals surface area (Å²) >= 11 is 0. The summed E-state index contributed by atoms with van der Waals surface area (Å²) in [6, 6.07) is 0. The summed E-state index contributed by atoms with van der Waals surface area (Å²) in [7, 11) is 1.35. The Balaban J connectivity index is 4.05. The normalized spacial score (nSPS) is 11.9. The monoisotopic (exact) mass is 244 g/mol. The van der Waals surface area contributed by atoms with Crippen molar-refractivity contribution in [2.75, 3.05) is 13.7 Å². The van der Waals surface area contributed by atoms with Crippen LogP contribution in [0.25, 0.3) is 0 Å². The Morgan fingerprint density at radius 1 is 1.12 bits per heavy atom. The van der Waals surface area contributed by atoms with Gasteiger partial charge < -0.3 is 9.47 Å². The maximum atomic E-state index is 11.5. The number of carbonyl (C=O) groups is 2. The van der Waals surface area contributed by atoms with Gasteiger partial charge in [0, 0.05) is 0 Å². The molecule has 0 rings (SSSR count). The third-order valence-corrected chi connectivity index (χ3v) is 2.66. The molecule has 1 atom stereocenters. The van der Waals surface area contributed by atoms with Crippen LogP contribution in [0.1, 0.15) is 52.4 Å². The molecule has 0 aliphatic heterocycles. The molecular weight excluding hydrogens is 220 g/mol. The summed E-state index contributed by atoms with van der Waals surface area (Å²) in [5, 5.41) is 0. The molecule has 1 unspecified atom stereocenters. The summed E-state index contributed by atoms with van der Waals surface area (Å²) in [5.74, 6) is -0.983. The molecule has 100 valence electrons. The first-order valence-electron chi connectivity index (χ1n) is 6.39. The maximum absolute atomic E-state index is 11.5. The zero-order valence-electron chi connectivity index (χ0n) is 11.2. The highest BCUT2D eigenvalue weighted by Gasteiger charge is 2.22. The highest BCUT2D eigenvalue weighted by atomic mass is 16.5. The molecule has 4 nitrogen and oxygen atoms in total. The van der Waals surface area contributed by atoms with E-state index >= 15 is 0 Å². The molecule has 0 aromatic carbocycles. The van der Waals surface area contributed by atoms with E-state index in [4.69, 9.17) is 9.47 Å². The van der Waals surface area contributed by atoms with E-state index in [1.807, 2.05) is 0 Å². The van der Waals surface area contributed by atoms with Crippen LogP contribution < -0.4 is 0 Å². The average molecular weight is 244 g/mol. The van der Waals surface area contributed by atoms with Crippen molar-refractivity contribution in [3.8, 4) is 0 Å². The van der Waals surface area contributed by atoms with E-state index in [9.17, 15) is 9.59 Å². The number of unbranched alkanes of at least 4 members (excludes halogenated alkanes) is 3. The first-order chi connectivity index (χ1) is 8.15. The van der Waals surface area contributed by atoms with E-state index in [2.05, 4.69) is 6.92 Å². The second-order valence-corrected chi connectivity index (χ2v) is 4.08. The van der Waals surface area contributed by atoms with Gasteiger partial charge in [-0.05, 0) is 13.3 Å². The van der Waals surface area contributed by atoms with Crippen molar-refractivity contribution in [2.24, 2.45) is 5.92 Å². The van der Waals surface area contributed by atoms with E-state index < -0.39 is 0 Å². The zero-order chi connectivity index (χ0) is 13.1. The van der Waals surface area contributed by atoms with Crippen molar-refractivity contribution >= 4 is 11.9 Å². The van der Waals surface area contributed by atoms with Gasteiger partial charge in [-0.25, -0.2) is 0 Å². The third-order valence-electron chi connectivity index (χ3n) is 2.66. The van der Waals surface area contributed by atoms with Crippen LogP contribution in [0.4, 0.5) is 0 Å². The van der Waals surface area contributed by atoms with E-state index in [-0.39, 0.29) is 24.3 Å².